The zero-order valence-electron chi connectivity index (χ0n) is 37.3. The molecule has 17 nitrogen and oxygen atoms in total. The number of esters is 1. The number of hydrogen-bond acceptors (Lipinski definition) is 17. The molecule has 18 atom stereocenters. The Balaban J connectivity index is 2.22. The van der Waals surface area contributed by atoms with Crippen LogP contribution in [0.25, 0.3) is 0 Å². The van der Waals surface area contributed by atoms with Gasteiger partial charge in [-0.25, -0.2) is 0 Å². The van der Waals surface area contributed by atoms with Crippen molar-refractivity contribution in [3.63, 3.8) is 0 Å². The van der Waals surface area contributed by atoms with Crippen molar-refractivity contribution in [3.8, 4) is 0 Å². The fourth-order valence-corrected chi connectivity index (χ4v) is 8.93. The van der Waals surface area contributed by atoms with Gasteiger partial charge in [0.1, 0.15) is 23.9 Å². The Kier molecular flexibility index (Phi) is 18.8. The molecule has 0 aliphatic carbocycles. The Bertz CT molecular complexity index is 1300. The van der Waals surface area contributed by atoms with E-state index in [1.54, 1.807) is 55.6 Å². The summed E-state index contributed by atoms with van der Waals surface area (Å²) in [4.78, 5) is 21.8. The van der Waals surface area contributed by atoms with Crippen LogP contribution in [0.2, 0.25) is 0 Å². The largest absolute Gasteiger partial charge is 0.459 e. The van der Waals surface area contributed by atoms with Crippen molar-refractivity contribution in [2.24, 2.45) is 28.8 Å². The number of hydrogen-bond donors (Lipinski definition) is 5. The van der Waals surface area contributed by atoms with Crippen molar-refractivity contribution >= 4 is 11.7 Å². The molecular formula is C41H76N2O15. The van der Waals surface area contributed by atoms with Gasteiger partial charge in [0, 0.05) is 44.4 Å². The topological polar surface area (TPSA) is 217 Å². The lowest BCUT2D eigenvalue weighted by Gasteiger charge is -2.49. The highest BCUT2D eigenvalue weighted by molar-refractivity contribution is 5.88. The molecule has 0 radical (unpaired) electrons. The third-order valence-electron chi connectivity index (χ3n) is 12.6. The highest BCUT2D eigenvalue weighted by Gasteiger charge is 2.53. The number of aliphatic hydroxyl groups excluding tert-OH is 3. The highest BCUT2D eigenvalue weighted by atomic mass is 16.7. The summed E-state index contributed by atoms with van der Waals surface area (Å²) in [6.45, 7) is 17.3. The molecule has 3 aliphatic heterocycles. The van der Waals surface area contributed by atoms with Gasteiger partial charge in [-0.2, -0.15) is 0 Å². The first-order chi connectivity index (χ1) is 27.0. The molecule has 0 aromatic heterocycles. The smallest absolute Gasteiger partial charge is 0.311 e. The first kappa shape index (κ1) is 50.8. The predicted octanol–water partition coefficient (Wildman–Crippen LogP) is 2.21. The molecule has 14 unspecified atom stereocenters. The van der Waals surface area contributed by atoms with Gasteiger partial charge in [0.2, 0.25) is 6.79 Å². The second-order valence-corrected chi connectivity index (χ2v) is 17.7. The van der Waals surface area contributed by atoms with E-state index in [9.17, 15) is 30.3 Å². The van der Waals surface area contributed by atoms with Crippen molar-refractivity contribution in [1.29, 1.82) is 0 Å². The molecule has 3 fully saturated rings. The van der Waals surface area contributed by atoms with Gasteiger partial charge in [0.25, 0.3) is 0 Å². The Morgan fingerprint density at radius 3 is 2.14 bits per heavy atom. The number of nitrogens with zero attached hydrogens (tertiary/aromatic N) is 2. The molecule has 340 valence electrons. The normalized spacial score (nSPS) is 45.8. The van der Waals surface area contributed by atoms with Gasteiger partial charge in [-0.3, -0.25) is 4.79 Å². The van der Waals surface area contributed by atoms with E-state index < -0.39 is 102 Å². The number of aliphatic hydroxyl groups is 5. The lowest BCUT2D eigenvalue weighted by atomic mass is 9.73. The summed E-state index contributed by atoms with van der Waals surface area (Å²) >= 11 is 0. The van der Waals surface area contributed by atoms with Gasteiger partial charge in [-0.05, 0) is 74.9 Å². The van der Waals surface area contributed by atoms with Crippen LogP contribution in [0.5, 0.6) is 0 Å². The maximum absolute atomic E-state index is 14.3. The summed E-state index contributed by atoms with van der Waals surface area (Å²) in [5.74, 6) is -4.14. The molecule has 3 aliphatic rings. The van der Waals surface area contributed by atoms with E-state index in [0.29, 0.717) is 18.7 Å². The van der Waals surface area contributed by atoms with Crippen LogP contribution in [-0.4, -0.2) is 175 Å². The van der Waals surface area contributed by atoms with E-state index in [0.717, 1.165) is 0 Å². The van der Waals surface area contributed by atoms with Crippen LogP contribution in [0.3, 0.4) is 0 Å². The summed E-state index contributed by atoms with van der Waals surface area (Å²) in [7, 11) is 6.76. The van der Waals surface area contributed by atoms with Gasteiger partial charge < -0.3 is 73.2 Å². The molecule has 0 aromatic rings. The standard InChI is InChI=1S/C41H76N2O15/c1-15-29-41(10,49)34(45)24(4)31(42-53-21-52-17-16-50-13)22(2)19-39(8,48)36(58-38-32(44)28(43(11)12)18-23(3)54-38)25(5)33(26(6)37(47)56-29)57-30-20-40(9,51-14)35(46)27(7)55-30/h22-30,32-36,38,44-46,48-49H,15-21H2,1-14H3/b42-31-/t22?,23?,24?,25?,26?,27?,28?,29?,30?,32?,33?,34?,35?,36?,38-,39+,40+,41+/m0/s1. The fourth-order valence-electron chi connectivity index (χ4n) is 8.93. The molecule has 17 heteroatoms. The summed E-state index contributed by atoms with van der Waals surface area (Å²) in [5.41, 5.74) is -4.49. The van der Waals surface area contributed by atoms with Crippen molar-refractivity contribution in [3.05, 3.63) is 0 Å². The third-order valence-corrected chi connectivity index (χ3v) is 12.6. The average molecular weight is 837 g/mol. The van der Waals surface area contributed by atoms with Crippen molar-refractivity contribution in [1.82, 2.24) is 4.90 Å². The molecule has 58 heavy (non-hydrogen) atoms. The number of likely N-dealkylation sites (N-methyl/N-ethyl adjacent to an activating group) is 1. The highest BCUT2D eigenvalue weighted by Crippen LogP contribution is 2.41. The van der Waals surface area contributed by atoms with E-state index in [1.165, 1.54) is 14.0 Å². The zero-order chi connectivity index (χ0) is 43.9. The van der Waals surface area contributed by atoms with Crippen LogP contribution in [-0.2, 0) is 47.5 Å². The quantitative estimate of drug-likeness (QED) is 0.0778. The molecule has 0 amide bonds. The summed E-state index contributed by atoms with van der Waals surface area (Å²) in [6, 6.07) is -0.328. The van der Waals surface area contributed by atoms with Gasteiger partial charge in [-0.15, -0.1) is 0 Å². The first-order valence-electron chi connectivity index (χ1n) is 20.8. The van der Waals surface area contributed by atoms with E-state index >= 15 is 0 Å². The summed E-state index contributed by atoms with van der Waals surface area (Å²) < 4.78 is 48.1. The van der Waals surface area contributed by atoms with E-state index in [-0.39, 0.29) is 44.8 Å². The van der Waals surface area contributed by atoms with E-state index in [2.05, 4.69) is 5.16 Å². The van der Waals surface area contributed by atoms with Crippen molar-refractivity contribution < 1.29 is 73.1 Å². The summed E-state index contributed by atoms with van der Waals surface area (Å²) in [6.07, 6.45) is -9.49. The Morgan fingerprint density at radius 2 is 1.55 bits per heavy atom. The second kappa shape index (κ2) is 21.5. The van der Waals surface area contributed by atoms with E-state index in [4.69, 9.17) is 42.7 Å². The Labute approximate surface area is 345 Å². The van der Waals surface area contributed by atoms with Crippen LogP contribution in [0.1, 0.15) is 94.9 Å². The van der Waals surface area contributed by atoms with E-state index in [1.807, 2.05) is 32.8 Å². The van der Waals surface area contributed by atoms with Crippen LogP contribution in [0.4, 0.5) is 0 Å². The maximum Gasteiger partial charge on any atom is 0.311 e. The molecule has 0 aromatic carbocycles. The van der Waals surface area contributed by atoms with Crippen molar-refractivity contribution in [2.75, 3.05) is 48.3 Å². The predicted molar refractivity (Wildman–Crippen MR) is 212 cm³/mol. The minimum absolute atomic E-state index is 0.0307. The van der Waals surface area contributed by atoms with Crippen molar-refractivity contribution in [2.45, 2.75) is 179 Å². The Morgan fingerprint density at radius 1 is 0.897 bits per heavy atom. The van der Waals surface area contributed by atoms with Gasteiger partial charge >= 0.3 is 5.97 Å². The number of methoxy groups -OCH3 is 2. The monoisotopic (exact) mass is 837 g/mol. The van der Waals surface area contributed by atoms with Gasteiger partial charge in [0.05, 0.1) is 66.6 Å². The van der Waals surface area contributed by atoms with Crippen LogP contribution < -0.4 is 0 Å². The SMILES string of the molecule is CCC1OC(=O)C(C)C(OC2C[C@@](C)(OC)C(O)C(C)O2)C(C)C(O[C@@H]2OC(C)CC(N(C)C)C2O)[C@](C)(O)CC(C)/C(=N/OCOCCOC)C(C)C(O)[C@]1(C)O. The third kappa shape index (κ3) is 12.1. The molecule has 5 N–H and O–H groups in total. The molecule has 0 spiro atoms. The number of rotatable bonds is 13. The number of cyclic esters (lactones) is 1. The maximum atomic E-state index is 14.3. The molecule has 0 bridgehead atoms. The first-order valence-corrected chi connectivity index (χ1v) is 20.8. The number of oxime groups is 1. The summed E-state index contributed by atoms with van der Waals surface area (Å²) in [5, 5.41) is 63.6. The molecular weight excluding hydrogens is 760 g/mol. The Hall–Kier alpha value is -1.58. The van der Waals surface area contributed by atoms with Crippen LogP contribution in [0.15, 0.2) is 5.16 Å². The molecule has 3 heterocycles. The lowest BCUT2D eigenvalue weighted by Crippen LogP contribution is -2.61. The molecule has 3 rings (SSSR count). The number of ether oxygens (including phenoxy) is 8. The van der Waals surface area contributed by atoms with Gasteiger partial charge in [0.15, 0.2) is 12.6 Å². The van der Waals surface area contributed by atoms with Crippen LogP contribution >= 0.6 is 0 Å². The number of carbonyl (C=O) groups is 1. The molecule has 0 saturated carbocycles. The molecule has 3 saturated heterocycles. The minimum atomic E-state index is -1.97. The lowest BCUT2D eigenvalue weighted by molar-refractivity contribution is -0.317. The fraction of sp³-hybridized carbons (Fsp3) is 0.951. The average Bonchev–Trinajstić information content (AvgIpc) is 3.15. The number of carbonyl (C=O) groups excluding carboxylic acids is 1. The van der Waals surface area contributed by atoms with Crippen LogP contribution in [0, 0.1) is 23.7 Å². The zero-order valence-corrected chi connectivity index (χ0v) is 37.3. The second-order valence-electron chi connectivity index (χ2n) is 17.7. The minimum Gasteiger partial charge on any atom is -0.459 e. The van der Waals surface area contributed by atoms with Gasteiger partial charge in [-0.1, -0.05) is 32.9 Å².